The van der Waals surface area contributed by atoms with Crippen molar-refractivity contribution in [3.05, 3.63) is 35.4 Å². The van der Waals surface area contributed by atoms with Gasteiger partial charge in [-0.3, -0.25) is 9.59 Å². The van der Waals surface area contributed by atoms with Crippen molar-refractivity contribution in [1.29, 1.82) is 0 Å². The van der Waals surface area contributed by atoms with E-state index in [4.69, 9.17) is 15.9 Å². The lowest BCUT2D eigenvalue weighted by molar-refractivity contribution is -0.142. The van der Waals surface area contributed by atoms with E-state index in [1.165, 1.54) is 10.5 Å². The summed E-state index contributed by atoms with van der Waals surface area (Å²) in [5.41, 5.74) is 1.32. The topological polar surface area (TPSA) is 100 Å². The predicted octanol–water partition coefficient (Wildman–Crippen LogP) is 4.06. The third-order valence-electron chi connectivity index (χ3n) is 8.01. The van der Waals surface area contributed by atoms with E-state index < -0.39 is 29.2 Å². The molecule has 0 unspecified atom stereocenters. The summed E-state index contributed by atoms with van der Waals surface area (Å²) < 4.78 is 11.3. The van der Waals surface area contributed by atoms with E-state index in [0.717, 1.165) is 24.8 Å². The molecular weight excluding hydrogens is 532 g/mol. The summed E-state index contributed by atoms with van der Waals surface area (Å²) in [6.07, 6.45) is 7.90. The molecule has 1 aromatic rings. The molecule has 0 bridgehead atoms. The molecule has 1 saturated heterocycles. The smallest absolute Gasteiger partial charge is 0.410 e. The van der Waals surface area contributed by atoms with Gasteiger partial charge in [0.05, 0.1) is 18.2 Å². The van der Waals surface area contributed by atoms with Gasteiger partial charge in [0.2, 0.25) is 11.8 Å². The third kappa shape index (κ3) is 8.71. The molecule has 0 spiro atoms. The Kier molecular flexibility index (Phi) is 11.1. The van der Waals surface area contributed by atoms with Gasteiger partial charge in [0.1, 0.15) is 18.2 Å². The Labute approximate surface area is 252 Å². The second-order valence-electron chi connectivity index (χ2n) is 13.7. The fourth-order valence-electron chi connectivity index (χ4n) is 5.62. The van der Waals surface area contributed by atoms with Crippen molar-refractivity contribution in [2.45, 2.75) is 110 Å². The van der Waals surface area contributed by atoms with Crippen LogP contribution in [0.4, 0.5) is 4.79 Å². The van der Waals surface area contributed by atoms with E-state index in [9.17, 15) is 14.4 Å². The maximum atomic E-state index is 14.2. The second kappa shape index (κ2) is 13.9. The number of nitrogens with zero attached hydrogens (tertiary/aromatic N) is 2. The summed E-state index contributed by atoms with van der Waals surface area (Å²) in [6.45, 7) is 14.1. The first-order valence-electron chi connectivity index (χ1n) is 15.0. The Morgan fingerprint density at radius 3 is 2.50 bits per heavy atom. The average Bonchev–Trinajstić information content (AvgIpc) is 3.34. The van der Waals surface area contributed by atoms with Gasteiger partial charge < -0.3 is 29.9 Å². The first-order valence-corrected chi connectivity index (χ1v) is 15.0. The van der Waals surface area contributed by atoms with Gasteiger partial charge in [-0.05, 0) is 63.5 Å². The second-order valence-corrected chi connectivity index (χ2v) is 13.7. The lowest BCUT2D eigenvalue weighted by Crippen LogP contribution is -2.58. The number of terminal acetylenes is 1. The van der Waals surface area contributed by atoms with Crippen LogP contribution in [0.2, 0.25) is 0 Å². The first kappa shape index (κ1) is 33.4. The highest BCUT2D eigenvalue weighted by Crippen LogP contribution is 2.31. The van der Waals surface area contributed by atoms with Crippen LogP contribution < -0.4 is 10.6 Å². The Hall–Kier alpha value is -3.09. The van der Waals surface area contributed by atoms with Gasteiger partial charge >= 0.3 is 6.09 Å². The Balaban J connectivity index is 1.77. The van der Waals surface area contributed by atoms with E-state index in [1.54, 1.807) is 11.9 Å². The SMILES string of the molecule is C#CCO[C@H]1C[C@@H](C(=O)N[C@@H]2CCCc3ccccc32)N(C(=O)[C@@H](NC[C@H](C)N(C)C(=O)OC(C)(C)C)C(C)(C)C)C1. The van der Waals surface area contributed by atoms with E-state index in [0.29, 0.717) is 13.0 Å². The monoisotopic (exact) mass is 582 g/mol. The summed E-state index contributed by atoms with van der Waals surface area (Å²) in [5, 5.41) is 6.65. The summed E-state index contributed by atoms with van der Waals surface area (Å²) in [7, 11) is 1.69. The molecule has 0 saturated carbocycles. The highest BCUT2D eigenvalue weighted by Gasteiger charge is 2.45. The van der Waals surface area contributed by atoms with Crippen LogP contribution in [0, 0.1) is 17.8 Å². The fraction of sp³-hybridized carbons (Fsp3) is 0.667. The van der Waals surface area contributed by atoms with Crippen LogP contribution in [-0.2, 0) is 25.5 Å². The van der Waals surface area contributed by atoms with E-state index in [1.807, 2.05) is 60.6 Å². The zero-order chi connectivity index (χ0) is 31.2. The van der Waals surface area contributed by atoms with Crippen LogP contribution in [-0.4, -0.2) is 84.3 Å². The van der Waals surface area contributed by atoms with Crippen molar-refractivity contribution < 1.29 is 23.9 Å². The van der Waals surface area contributed by atoms with Gasteiger partial charge in [-0.25, -0.2) is 4.79 Å². The van der Waals surface area contributed by atoms with Crippen molar-refractivity contribution in [3.63, 3.8) is 0 Å². The van der Waals surface area contributed by atoms with Crippen LogP contribution in [0.15, 0.2) is 24.3 Å². The maximum Gasteiger partial charge on any atom is 0.410 e. The maximum absolute atomic E-state index is 14.2. The minimum absolute atomic E-state index is 0.0918. The molecule has 2 N–H and O–H groups in total. The molecule has 3 rings (SSSR count). The molecule has 5 atom stereocenters. The number of fused-ring (bicyclic) bond motifs is 1. The molecular formula is C33H50N4O5. The van der Waals surface area contributed by atoms with Crippen molar-refractivity contribution in [2.75, 3.05) is 26.7 Å². The highest BCUT2D eigenvalue weighted by atomic mass is 16.6. The zero-order valence-corrected chi connectivity index (χ0v) is 26.7. The molecule has 42 heavy (non-hydrogen) atoms. The molecule has 1 fully saturated rings. The van der Waals surface area contributed by atoms with Gasteiger partial charge in [-0.15, -0.1) is 6.42 Å². The number of nitrogens with one attached hydrogen (secondary N) is 2. The Morgan fingerprint density at radius 2 is 1.86 bits per heavy atom. The van der Waals surface area contributed by atoms with E-state index in [2.05, 4.69) is 28.7 Å². The van der Waals surface area contributed by atoms with E-state index in [-0.39, 0.29) is 43.2 Å². The van der Waals surface area contributed by atoms with Gasteiger partial charge in [-0.2, -0.15) is 0 Å². The molecule has 1 aliphatic heterocycles. The number of likely N-dealkylation sites (N-methyl/N-ethyl adjacent to an activating group) is 1. The summed E-state index contributed by atoms with van der Waals surface area (Å²) in [5.74, 6) is 2.14. The van der Waals surface area contributed by atoms with Crippen LogP contribution in [0.5, 0.6) is 0 Å². The highest BCUT2D eigenvalue weighted by molar-refractivity contribution is 5.91. The number of benzene rings is 1. The van der Waals surface area contributed by atoms with Crippen LogP contribution in [0.25, 0.3) is 0 Å². The number of hydrogen-bond donors (Lipinski definition) is 2. The van der Waals surface area contributed by atoms with Gasteiger partial charge in [-0.1, -0.05) is 51.0 Å². The van der Waals surface area contributed by atoms with Gasteiger partial charge in [0.25, 0.3) is 0 Å². The minimum Gasteiger partial charge on any atom is -0.444 e. The van der Waals surface area contributed by atoms with E-state index >= 15 is 0 Å². The fourth-order valence-corrected chi connectivity index (χ4v) is 5.62. The number of likely N-dealkylation sites (tertiary alicyclic amines) is 1. The van der Waals surface area contributed by atoms with Crippen LogP contribution in [0.3, 0.4) is 0 Å². The molecule has 1 aliphatic carbocycles. The number of rotatable bonds is 9. The van der Waals surface area contributed by atoms with Gasteiger partial charge in [0.15, 0.2) is 0 Å². The van der Waals surface area contributed by atoms with Crippen molar-refractivity contribution in [3.8, 4) is 12.3 Å². The molecule has 1 heterocycles. The lowest BCUT2D eigenvalue weighted by atomic mass is 9.85. The molecule has 0 aromatic heterocycles. The quantitative estimate of drug-likeness (QED) is 0.426. The van der Waals surface area contributed by atoms with Gasteiger partial charge in [0, 0.05) is 32.6 Å². The first-order chi connectivity index (χ1) is 19.6. The Bertz CT molecular complexity index is 1150. The summed E-state index contributed by atoms with van der Waals surface area (Å²) in [6, 6.07) is 6.60. The number of carbonyl (C=O) groups is 3. The van der Waals surface area contributed by atoms with Crippen molar-refractivity contribution in [2.24, 2.45) is 5.41 Å². The Morgan fingerprint density at radius 1 is 1.17 bits per heavy atom. The summed E-state index contributed by atoms with van der Waals surface area (Å²) >= 11 is 0. The molecule has 1 aromatic carbocycles. The molecule has 232 valence electrons. The number of ether oxygens (including phenoxy) is 2. The van der Waals surface area contributed by atoms with Crippen molar-refractivity contribution in [1.82, 2.24) is 20.4 Å². The number of aryl methyl sites for hydroxylation is 1. The third-order valence-corrected chi connectivity index (χ3v) is 8.01. The zero-order valence-electron chi connectivity index (χ0n) is 26.7. The van der Waals surface area contributed by atoms with Crippen LogP contribution in [0.1, 0.15) is 84.9 Å². The largest absolute Gasteiger partial charge is 0.444 e. The normalized spacial score (nSPS) is 22.0. The molecule has 9 heteroatoms. The van der Waals surface area contributed by atoms with Crippen molar-refractivity contribution >= 4 is 17.9 Å². The number of hydrogen-bond acceptors (Lipinski definition) is 6. The summed E-state index contributed by atoms with van der Waals surface area (Å²) in [4.78, 5) is 43.8. The standard InChI is InChI=1S/C33H50N4O5/c1-10-18-41-24-19-27(29(38)35-26-17-13-15-23-14-11-12-16-25(23)26)37(21-24)30(39)28(32(3,4)5)34-20-22(2)36(9)31(40)42-33(6,7)8/h1,11-12,14,16,22,24,26-28,34H,13,15,17-21H2,2-9H3,(H,35,38)/t22-,24-,26+,27-,28+/m0/s1. The number of amides is 3. The molecule has 9 nitrogen and oxygen atoms in total. The van der Waals surface area contributed by atoms with Crippen LogP contribution >= 0.6 is 0 Å². The molecule has 3 amide bonds. The lowest BCUT2D eigenvalue weighted by Gasteiger charge is -2.37. The average molecular weight is 583 g/mol. The minimum atomic E-state index is -0.678. The number of carbonyl (C=O) groups excluding carboxylic acids is 3. The molecule has 0 radical (unpaired) electrons. The molecule has 2 aliphatic rings. The predicted molar refractivity (Wildman–Crippen MR) is 164 cm³/mol.